The lowest BCUT2D eigenvalue weighted by Crippen LogP contribution is -2.56. The highest BCUT2D eigenvalue weighted by Gasteiger charge is 2.31. The summed E-state index contributed by atoms with van der Waals surface area (Å²) < 4.78 is 16.0. The molecule has 1 aromatic carbocycles. The number of aliphatic hydroxyl groups excluding tert-OH is 1. The number of rotatable bonds is 11. The van der Waals surface area contributed by atoms with Crippen molar-refractivity contribution in [2.45, 2.75) is 58.6 Å². The zero-order valence-corrected chi connectivity index (χ0v) is 26.7. The number of piperazine rings is 1. The number of hydrogen-bond acceptors (Lipinski definition) is 10. The molecule has 4 amide bonds. The van der Waals surface area contributed by atoms with Gasteiger partial charge in [0.2, 0.25) is 5.91 Å². The first-order valence-corrected chi connectivity index (χ1v) is 15.8. The van der Waals surface area contributed by atoms with E-state index >= 15 is 0 Å². The van der Waals surface area contributed by atoms with E-state index < -0.39 is 36.0 Å². The van der Waals surface area contributed by atoms with Gasteiger partial charge in [-0.05, 0) is 57.7 Å². The highest BCUT2D eigenvalue weighted by Crippen LogP contribution is 2.27. The van der Waals surface area contributed by atoms with E-state index in [0.29, 0.717) is 36.8 Å². The number of nitrogens with zero attached hydrogens (tertiary/aromatic N) is 4. The number of amides is 4. The molecule has 1 aromatic heterocycles. The molecule has 1 atom stereocenters. The maximum Gasteiger partial charge on any atom is 0.409 e. The van der Waals surface area contributed by atoms with Crippen LogP contribution in [-0.4, -0.2) is 126 Å². The first kappa shape index (κ1) is 34.4. The van der Waals surface area contributed by atoms with E-state index in [1.165, 1.54) is 11.0 Å². The van der Waals surface area contributed by atoms with E-state index in [4.69, 9.17) is 14.2 Å². The number of pyridine rings is 1. The number of aryl methyl sites for hydroxylation is 1. The molecule has 2 aliphatic heterocycles. The molecule has 2 aliphatic rings. The number of carbonyl (C=O) groups excluding carboxylic acids is 5. The predicted molar refractivity (Wildman–Crippen MR) is 166 cm³/mol. The zero-order chi connectivity index (χ0) is 33.2. The van der Waals surface area contributed by atoms with Crippen molar-refractivity contribution in [3.05, 3.63) is 35.5 Å². The van der Waals surface area contributed by atoms with Crippen molar-refractivity contribution < 1.29 is 43.3 Å². The Hall–Kier alpha value is -4.46. The summed E-state index contributed by atoms with van der Waals surface area (Å²) in [5.74, 6) is -1.50. The lowest BCUT2D eigenvalue weighted by Gasteiger charge is -2.36. The van der Waals surface area contributed by atoms with Crippen molar-refractivity contribution in [1.82, 2.24) is 25.0 Å². The summed E-state index contributed by atoms with van der Waals surface area (Å²) in [6.07, 6.45) is 0.0440. The van der Waals surface area contributed by atoms with E-state index in [2.05, 4.69) is 10.3 Å². The van der Waals surface area contributed by atoms with Crippen molar-refractivity contribution in [1.29, 1.82) is 0 Å². The molecule has 14 heteroatoms. The number of esters is 1. The minimum absolute atomic E-state index is 0.00340. The number of nitrogens with one attached hydrogen (secondary N) is 1. The number of benzene rings is 1. The quantitative estimate of drug-likeness (QED) is 0.344. The highest BCUT2D eigenvalue weighted by atomic mass is 16.6. The molecule has 0 saturated carbocycles. The van der Waals surface area contributed by atoms with Gasteiger partial charge in [-0.15, -0.1) is 0 Å². The van der Waals surface area contributed by atoms with Crippen LogP contribution in [0, 0.1) is 6.92 Å². The SMILES string of the molecule is CCOC(=O)CC[C@H](NC(=O)c1cc(OCC(=O)N2CCC(O)CC2)c2ccc(C)cc2n1)C(=O)N1CCN(C(=O)OCC)CC1. The van der Waals surface area contributed by atoms with Gasteiger partial charge in [0.05, 0.1) is 24.8 Å². The molecule has 250 valence electrons. The van der Waals surface area contributed by atoms with E-state index in [-0.39, 0.29) is 76.2 Å². The summed E-state index contributed by atoms with van der Waals surface area (Å²) in [6.45, 7) is 7.34. The third-order valence-electron chi connectivity index (χ3n) is 7.99. The number of carbonyl (C=O) groups is 5. The first-order chi connectivity index (χ1) is 22.1. The maximum absolute atomic E-state index is 13.6. The number of hydrogen-bond donors (Lipinski definition) is 2. The van der Waals surface area contributed by atoms with Crippen LogP contribution in [-0.2, 0) is 23.9 Å². The van der Waals surface area contributed by atoms with Gasteiger partial charge in [-0.1, -0.05) is 6.07 Å². The number of fused-ring (bicyclic) bond motifs is 1. The second-order valence-corrected chi connectivity index (χ2v) is 11.3. The lowest BCUT2D eigenvalue weighted by molar-refractivity contribution is -0.143. The Morgan fingerprint density at radius 1 is 0.935 bits per heavy atom. The molecule has 2 fully saturated rings. The molecule has 2 aromatic rings. The van der Waals surface area contributed by atoms with E-state index in [1.807, 2.05) is 13.0 Å². The van der Waals surface area contributed by atoms with Gasteiger partial charge in [0.1, 0.15) is 17.5 Å². The van der Waals surface area contributed by atoms with E-state index in [1.54, 1.807) is 35.8 Å². The fraction of sp³-hybridized carbons (Fsp3) is 0.562. The summed E-state index contributed by atoms with van der Waals surface area (Å²) in [6, 6.07) is 5.83. The summed E-state index contributed by atoms with van der Waals surface area (Å²) >= 11 is 0. The molecule has 2 saturated heterocycles. The van der Waals surface area contributed by atoms with E-state index in [0.717, 1.165) is 5.56 Å². The van der Waals surface area contributed by atoms with Crippen LogP contribution in [0.1, 0.15) is 55.6 Å². The maximum atomic E-state index is 13.6. The monoisotopic (exact) mass is 641 g/mol. The molecule has 3 heterocycles. The van der Waals surface area contributed by atoms with Gasteiger partial charge in [0, 0.05) is 57.1 Å². The summed E-state index contributed by atoms with van der Waals surface area (Å²) in [7, 11) is 0. The molecule has 14 nitrogen and oxygen atoms in total. The van der Waals surface area contributed by atoms with Crippen LogP contribution in [0.4, 0.5) is 4.79 Å². The molecule has 0 aliphatic carbocycles. The van der Waals surface area contributed by atoms with Gasteiger partial charge in [0.25, 0.3) is 11.8 Å². The van der Waals surface area contributed by atoms with Crippen LogP contribution in [0.2, 0.25) is 0 Å². The summed E-state index contributed by atoms with van der Waals surface area (Å²) in [4.78, 5) is 73.6. The Bertz CT molecular complexity index is 1420. The third kappa shape index (κ3) is 9.05. The second kappa shape index (κ2) is 16.2. The van der Waals surface area contributed by atoms with Gasteiger partial charge >= 0.3 is 12.1 Å². The highest BCUT2D eigenvalue weighted by molar-refractivity contribution is 5.99. The fourth-order valence-electron chi connectivity index (χ4n) is 5.42. The Morgan fingerprint density at radius 2 is 1.61 bits per heavy atom. The summed E-state index contributed by atoms with van der Waals surface area (Å²) in [5.41, 5.74) is 1.35. The van der Waals surface area contributed by atoms with Gasteiger partial charge in [-0.3, -0.25) is 19.2 Å². The Morgan fingerprint density at radius 3 is 2.28 bits per heavy atom. The summed E-state index contributed by atoms with van der Waals surface area (Å²) in [5, 5.41) is 13.1. The molecule has 0 spiro atoms. The number of piperidine rings is 1. The van der Waals surface area contributed by atoms with Crippen LogP contribution < -0.4 is 10.1 Å². The number of aliphatic hydroxyl groups is 1. The molecule has 4 rings (SSSR count). The molecule has 0 bridgehead atoms. The van der Waals surface area contributed by atoms with Crippen molar-refractivity contribution in [2.75, 3.05) is 59.1 Å². The largest absolute Gasteiger partial charge is 0.483 e. The molecular weight excluding hydrogens is 598 g/mol. The van der Waals surface area contributed by atoms with Crippen molar-refractivity contribution in [3.8, 4) is 5.75 Å². The topological polar surface area (TPSA) is 168 Å². The smallest absolute Gasteiger partial charge is 0.409 e. The normalized spacial score (nSPS) is 16.1. The Kier molecular flexibility index (Phi) is 12.1. The Labute approximate surface area is 267 Å². The van der Waals surface area contributed by atoms with Crippen LogP contribution in [0.25, 0.3) is 10.9 Å². The predicted octanol–water partition coefficient (Wildman–Crippen LogP) is 1.65. The van der Waals surface area contributed by atoms with Crippen LogP contribution >= 0.6 is 0 Å². The molecular formula is C32H43N5O9. The van der Waals surface area contributed by atoms with Crippen LogP contribution in [0.15, 0.2) is 24.3 Å². The third-order valence-corrected chi connectivity index (χ3v) is 7.99. The van der Waals surface area contributed by atoms with Gasteiger partial charge in [-0.25, -0.2) is 9.78 Å². The van der Waals surface area contributed by atoms with Crippen molar-refractivity contribution >= 4 is 40.7 Å². The number of ether oxygens (including phenoxy) is 3. The van der Waals surface area contributed by atoms with Gasteiger partial charge in [0.15, 0.2) is 6.61 Å². The zero-order valence-electron chi connectivity index (χ0n) is 26.7. The van der Waals surface area contributed by atoms with Crippen LogP contribution in [0.3, 0.4) is 0 Å². The lowest BCUT2D eigenvalue weighted by atomic mass is 10.1. The first-order valence-electron chi connectivity index (χ1n) is 15.8. The molecule has 46 heavy (non-hydrogen) atoms. The van der Waals surface area contributed by atoms with Gasteiger partial charge < -0.3 is 39.3 Å². The minimum Gasteiger partial charge on any atom is -0.483 e. The second-order valence-electron chi connectivity index (χ2n) is 11.3. The van der Waals surface area contributed by atoms with Gasteiger partial charge in [-0.2, -0.15) is 0 Å². The van der Waals surface area contributed by atoms with Crippen molar-refractivity contribution in [2.24, 2.45) is 0 Å². The Balaban J connectivity index is 1.51. The molecule has 2 N–H and O–H groups in total. The van der Waals surface area contributed by atoms with E-state index in [9.17, 15) is 29.1 Å². The number of aromatic nitrogens is 1. The fourth-order valence-corrected chi connectivity index (χ4v) is 5.42. The standard InChI is InChI=1S/C32H43N5O9/c1-4-44-29(40)9-8-24(31(42)36-14-16-37(17-15-36)32(43)45-5-2)34-30(41)26-19-27(23-7-6-21(3)18-25(23)33-26)46-20-28(39)35-12-10-22(38)11-13-35/h6-7,18-19,22,24,38H,4-5,8-17,20H2,1-3H3,(H,34,41)/t24-/m0/s1. The average molecular weight is 642 g/mol. The minimum atomic E-state index is -1.07. The molecule has 0 radical (unpaired) electrons. The average Bonchev–Trinajstić information content (AvgIpc) is 3.05. The molecule has 0 unspecified atom stereocenters. The number of likely N-dealkylation sites (tertiary alicyclic amines) is 1. The van der Waals surface area contributed by atoms with Crippen LogP contribution in [0.5, 0.6) is 5.75 Å². The van der Waals surface area contributed by atoms with Crippen molar-refractivity contribution in [3.63, 3.8) is 0 Å².